The zero-order chi connectivity index (χ0) is 10.3. The molecule has 0 aromatic heterocycles. The summed E-state index contributed by atoms with van der Waals surface area (Å²) < 4.78 is 0. The summed E-state index contributed by atoms with van der Waals surface area (Å²) in [6.45, 7) is 12.6. The van der Waals surface area contributed by atoms with Crippen molar-refractivity contribution in [3.05, 3.63) is 36.5 Å². The molecule has 0 N–H and O–H groups in total. The monoisotopic (exact) mass is 178 g/mol. The smallest absolute Gasteiger partial charge is 0.0188 e. The Morgan fingerprint density at radius 1 is 1.31 bits per heavy atom. The minimum absolute atomic E-state index is 0.634. The summed E-state index contributed by atoms with van der Waals surface area (Å²) in [5, 5.41) is 0. The van der Waals surface area contributed by atoms with Crippen molar-refractivity contribution in [3.8, 4) is 0 Å². The van der Waals surface area contributed by atoms with E-state index in [9.17, 15) is 0 Å². The van der Waals surface area contributed by atoms with E-state index in [4.69, 9.17) is 0 Å². The SMILES string of the molecule is C=C/C=C(\C=C/C)C(C)CC(C)C. The van der Waals surface area contributed by atoms with Crippen molar-refractivity contribution in [2.24, 2.45) is 11.8 Å². The van der Waals surface area contributed by atoms with E-state index in [2.05, 4.69) is 52.5 Å². The molecular weight excluding hydrogens is 156 g/mol. The van der Waals surface area contributed by atoms with Gasteiger partial charge in [0.1, 0.15) is 0 Å². The molecule has 0 heteroatoms. The van der Waals surface area contributed by atoms with Gasteiger partial charge >= 0.3 is 0 Å². The molecule has 13 heavy (non-hydrogen) atoms. The van der Waals surface area contributed by atoms with Crippen LogP contribution in [0, 0.1) is 11.8 Å². The molecule has 1 unspecified atom stereocenters. The van der Waals surface area contributed by atoms with Gasteiger partial charge < -0.3 is 0 Å². The summed E-state index contributed by atoms with van der Waals surface area (Å²) in [5.41, 5.74) is 1.38. The highest BCUT2D eigenvalue weighted by Gasteiger charge is 2.07. The Bertz CT molecular complexity index is 194. The zero-order valence-corrected chi connectivity index (χ0v) is 9.38. The van der Waals surface area contributed by atoms with Crippen LogP contribution in [-0.4, -0.2) is 0 Å². The van der Waals surface area contributed by atoms with E-state index in [0.29, 0.717) is 5.92 Å². The first-order valence-electron chi connectivity index (χ1n) is 5.07. The molecule has 0 aromatic rings. The molecule has 0 aliphatic rings. The molecule has 0 bridgehead atoms. The quantitative estimate of drug-likeness (QED) is 0.549. The van der Waals surface area contributed by atoms with Gasteiger partial charge in [-0.2, -0.15) is 0 Å². The fourth-order valence-electron chi connectivity index (χ4n) is 1.56. The van der Waals surface area contributed by atoms with E-state index >= 15 is 0 Å². The zero-order valence-electron chi connectivity index (χ0n) is 9.38. The van der Waals surface area contributed by atoms with Gasteiger partial charge in [-0.25, -0.2) is 0 Å². The Labute approximate surface area is 83.0 Å². The van der Waals surface area contributed by atoms with Crippen molar-refractivity contribution < 1.29 is 0 Å². The van der Waals surface area contributed by atoms with Crippen molar-refractivity contribution in [1.82, 2.24) is 0 Å². The fraction of sp³-hybridized carbons (Fsp3) is 0.538. The Morgan fingerprint density at radius 2 is 1.92 bits per heavy atom. The van der Waals surface area contributed by atoms with Crippen LogP contribution in [0.2, 0.25) is 0 Å². The first kappa shape index (κ1) is 12.2. The molecular formula is C13H22. The Kier molecular flexibility index (Phi) is 6.30. The van der Waals surface area contributed by atoms with Crippen LogP contribution in [0.1, 0.15) is 34.1 Å². The molecule has 0 aliphatic carbocycles. The van der Waals surface area contributed by atoms with Gasteiger partial charge in [-0.3, -0.25) is 0 Å². The lowest BCUT2D eigenvalue weighted by Gasteiger charge is -2.14. The van der Waals surface area contributed by atoms with Gasteiger partial charge in [-0.1, -0.05) is 51.7 Å². The van der Waals surface area contributed by atoms with E-state index in [0.717, 1.165) is 5.92 Å². The first-order chi connectivity index (χ1) is 6.11. The summed E-state index contributed by atoms with van der Waals surface area (Å²) in [5.74, 6) is 1.39. The second-order valence-corrected chi connectivity index (χ2v) is 3.93. The lowest BCUT2D eigenvalue weighted by atomic mass is 9.91. The second kappa shape index (κ2) is 6.71. The molecule has 0 nitrogen and oxygen atoms in total. The maximum Gasteiger partial charge on any atom is -0.0188 e. The lowest BCUT2D eigenvalue weighted by Crippen LogP contribution is -2.01. The van der Waals surface area contributed by atoms with E-state index in [1.807, 2.05) is 6.08 Å². The van der Waals surface area contributed by atoms with E-state index in [1.54, 1.807) is 0 Å². The largest absolute Gasteiger partial charge is 0.0991 e. The van der Waals surface area contributed by atoms with Crippen LogP contribution in [0.5, 0.6) is 0 Å². The molecule has 0 aromatic carbocycles. The van der Waals surface area contributed by atoms with E-state index in [-0.39, 0.29) is 0 Å². The van der Waals surface area contributed by atoms with Crippen LogP contribution in [-0.2, 0) is 0 Å². The number of allylic oxidation sites excluding steroid dienone is 5. The molecule has 0 aliphatic heterocycles. The minimum atomic E-state index is 0.634. The normalized spacial score (nSPS) is 15.3. The predicted octanol–water partition coefficient (Wildman–Crippen LogP) is 4.36. The average Bonchev–Trinajstić information content (AvgIpc) is 2.02. The minimum Gasteiger partial charge on any atom is -0.0991 e. The third kappa shape index (κ3) is 5.46. The number of rotatable bonds is 5. The van der Waals surface area contributed by atoms with Crippen molar-refractivity contribution in [2.45, 2.75) is 34.1 Å². The Morgan fingerprint density at radius 3 is 2.31 bits per heavy atom. The molecule has 0 amide bonds. The summed E-state index contributed by atoms with van der Waals surface area (Å²) in [7, 11) is 0. The summed E-state index contributed by atoms with van der Waals surface area (Å²) in [6, 6.07) is 0. The highest BCUT2D eigenvalue weighted by atomic mass is 14.1. The van der Waals surface area contributed by atoms with Gasteiger partial charge in [0.15, 0.2) is 0 Å². The van der Waals surface area contributed by atoms with Gasteiger partial charge in [0.05, 0.1) is 0 Å². The van der Waals surface area contributed by atoms with Crippen molar-refractivity contribution in [1.29, 1.82) is 0 Å². The molecule has 0 spiro atoms. The third-order valence-electron chi connectivity index (χ3n) is 2.06. The maximum absolute atomic E-state index is 3.73. The van der Waals surface area contributed by atoms with E-state index < -0.39 is 0 Å². The Hall–Kier alpha value is -0.780. The molecule has 0 saturated heterocycles. The van der Waals surface area contributed by atoms with Gasteiger partial charge in [-0.15, -0.1) is 0 Å². The molecule has 1 atom stereocenters. The first-order valence-corrected chi connectivity index (χ1v) is 5.07. The van der Waals surface area contributed by atoms with Crippen molar-refractivity contribution >= 4 is 0 Å². The van der Waals surface area contributed by atoms with Gasteiger partial charge in [-0.05, 0) is 30.8 Å². The molecule has 0 radical (unpaired) electrons. The summed E-state index contributed by atoms with van der Waals surface area (Å²) in [6.07, 6.45) is 9.48. The predicted molar refractivity (Wildman–Crippen MR) is 61.7 cm³/mol. The van der Waals surface area contributed by atoms with Crippen molar-refractivity contribution in [2.75, 3.05) is 0 Å². The van der Waals surface area contributed by atoms with Gasteiger partial charge in [0.2, 0.25) is 0 Å². The summed E-state index contributed by atoms with van der Waals surface area (Å²) in [4.78, 5) is 0. The van der Waals surface area contributed by atoms with Crippen LogP contribution in [0.25, 0.3) is 0 Å². The average molecular weight is 178 g/mol. The van der Waals surface area contributed by atoms with Crippen LogP contribution in [0.3, 0.4) is 0 Å². The number of hydrogen-bond donors (Lipinski definition) is 0. The highest BCUT2D eigenvalue weighted by molar-refractivity contribution is 5.24. The molecule has 0 fully saturated rings. The Balaban J connectivity index is 4.37. The second-order valence-electron chi connectivity index (χ2n) is 3.93. The van der Waals surface area contributed by atoms with Crippen LogP contribution in [0.15, 0.2) is 36.5 Å². The standard InChI is InChI=1S/C13H22/c1-6-8-13(9-7-2)12(5)10-11(3)4/h6-9,11-12H,1,10H2,2-5H3/b9-7-,13-8+. The topological polar surface area (TPSA) is 0 Å². The van der Waals surface area contributed by atoms with Crippen LogP contribution in [0.4, 0.5) is 0 Å². The van der Waals surface area contributed by atoms with Gasteiger partial charge in [0.25, 0.3) is 0 Å². The third-order valence-corrected chi connectivity index (χ3v) is 2.06. The van der Waals surface area contributed by atoms with Crippen LogP contribution >= 0.6 is 0 Å². The van der Waals surface area contributed by atoms with E-state index in [1.165, 1.54) is 12.0 Å². The lowest BCUT2D eigenvalue weighted by molar-refractivity contribution is 0.491. The molecule has 0 saturated carbocycles. The fourth-order valence-corrected chi connectivity index (χ4v) is 1.56. The summed E-state index contributed by atoms with van der Waals surface area (Å²) >= 11 is 0. The number of hydrogen-bond acceptors (Lipinski definition) is 0. The highest BCUT2D eigenvalue weighted by Crippen LogP contribution is 2.20. The molecule has 0 heterocycles. The van der Waals surface area contributed by atoms with Crippen LogP contribution < -0.4 is 0 Å². The molecule has 74 valence electrons. The maximum atomic E-state index is 3.73. The van der Waals surface area contributed by atoms with Gasteiger partial charge in [0, 0.05) is 0 Å². The van der Waals surface area contributed by atoms with Crippen molar-refractivity contribution in [3.63, 3.8) is 0 Å². The molecule has 0 rings (SSSR count).